The first-order valence-electron chi connectivity index (χ1n) is 11.2. The lowest BCUT2D eigenvalue weighted by Crippen LogP contribution is -2.43. The zero-order chi connectivity index (χ0) is 16.2. The number of allylic oxidation sites excluding steroid dienone is 2. The molecule has 24 heavy (non-hydrogen) atoms. The number of fused-ring (bicyclic) bond motifs is 4. The van der Waals surface area contributed by atoms with E-state index in [2.05, 4.69) is 26.8 Å². The van der Waals surface area contributed by atoms with Gasteiger partial charge in [-0.2, -0.15) is 0 Å². The number of hydrogen-bond acceptors (Lipinski definition) is 0. The molecular weight excluding hydrogens is 288 g/mol. The summed E-state index contributed by atoms with van der Waals surface area (Å²) in [6, 6.07) is 0. The van der Waals surface area contributed by atoms with Crippen LogP contribution in [0.3, 0.4) is 0 Å². The van der Waals surface area contributed by atoms with E-state index < -0.39 is 0 Å². The molecule has 132 valence electrons. The SMILES string of the molecule is CC(C)(C)C1C2CCC1C1C3=CC(C2)C2CC3CC1CC1CC2C1. The van der Waals surface area contributed by atoms with Crippen molar-refractivity contribution in [2.45, 2.75) is 72.1 Å². The molecule has 0 nitrogen and oxygen atoms in total. The van der Waals surface area contributed by atoms with Crippen LogP contribution in [0.25, 0.3) is 0 Å². The van der Waals surface area contributed by atoms with Crippen molar-refractivity contribution in [3.63, 3.8) is 0 Å². The Balaban J connectivity index is 1.51. The summed E-state index contributed by atoms with van der Waals surface area (Å²) in [5.41, 5.74) is 2.53. The van der Waals surface area contributed by atoms with Crippen molar-refractivity contribution in [2.75, 3.05) is 0 Å². The third-order valence-electron chi connectivity index (χ3n) is 9.85. The maximum absolute atomic E-state index is 2.92. The van der Waals surface area contributed by atoms with Crippen LogP contribution >= 0.6 is 0 Å². The van der Waals surface area contributed by atoms with Gasteiger partial charge in [0.1, 0.15) is 0 Å². The third kappa shape index (κ3) is 1.87. The van der Waals surface area contributed by atoms with Crippen molar-refractivity contribution in [2.24, 2.45) is 64.6 Å². The molecule has 0 heterocycles. The lowest BCUT2D eigenvalue weighted by Gasteiger charge is -2.51. The summed E-state index contributed by atoms with van der Waals surface area (Å²) in [6.45, 7) is 7.70. The fourth-order valence-electron chi connectivity index (χ4n) is 9.41. The van der Waals surface area contributed by atoms with Crippen LogP contribution in [-0.4, -0.2) is 0 Å². The predicted octanol–water partition coefficient (Wildman–Crippen LogP) is 6.32. The highest BCUT2D eigenvalue weighted by Crippen LogP contribution is 2.67. The predicted molar refractivity (Wildman–Crippen MR) is 99.4 cm³/mol. The monoisotopic (exact) mass is 324 g/mol. The Morgan fingerprint density at radius 1 is 0.792 bits per heavy atom. The Kier molecular flexibility index (Phi) is 2.92. The fraction of sp³-hybridized carbons (Fsp3) is 0.917. The standard InChI is InChI=1S/C24H36/c1-24(2,3)23-14-4-5-19(23)22-18-8-13-6-15(7-13)20-11-17(10-18)21(22)12-16(20)9-14/h12-20,22-23H,4-11H2,1-3H3. The summed E-state index contributed by atoms with van der Waals surface area (Å²) in [5.74, 6) is 10.4. The second-order valence-electron chi connectivity index (χ2n) is 11.9. The van der Waals surface area contributed by atoms with E-state index in [0.717, 1.165) is 59.2 Å². The highest BCUT2D eigenvalue weighted by Gasteiger charge is 2.58. The highest BCUT2D eigenvalue weighted by atomic mass is 14.6. The molecule has 0 saturated heterocycles. The Labute approximate surface area is 148 Å². The third-order valence-corrected chi connectivity index (χ3v) is 9.85. The molecule has 0 aromatic heterocycles. The summed E-state index contributed by atoms with van der Waals surface area (Å²) in [4.78, 5) is 0. The first-order chi connectivity index (χ1) is 11.5. The van der Waals surface area contributed by atoms with Crippen LogP contribution in [0, 0.1) is 64.6 Å². The van der Waals surface area contributed by atoms with E-state index in [1.54, 1.807) is 51.4 Å². The van der Waals surface area contributed by atoms with Crippen molar-refractivity contribution >= 4 is 0 Å². The molecule has 7 rings (SSSR count). The molecule has 9 bridgehead atoms. The van der Waals surface area contributed by atoms with Crippen LogP contribution in [0.5, 0.6) is 0 Å². The molecule has 0 spiro atoms. The van der Waals surface area contributed by atoms with Gasteiger partial charge in [0.15, 0.2) is 0 Å². The van der Waals surface area contributed by atoms with Gasteiger partial charge >= 0.3 is 0 Å². The van der Waals surface area contributed by atoms with Crippen molar-refractivity contribution in [3.8, 4) is 0 Å². The molecule has 8 atom stereocenters. The molecule has 5 saturated carbocycles. The van der Waals surface area contributed by atoms with E-state index in [1.165, 1.54) is 0 Å². The molecule has 0 aromatic carbocycles. The smallest absolute Gasteiger partial charge is 0.0140 e. The maximum Gasteiger partial charge on any atom is -0.0140 e. The van der Waals surface area contributed by atoms with Gasteiger partial charge in [0, 0.05) is 0 Å². The average molecular weight is 325 g/mol. The van der Waals surface area contributed by atoms with E-state index in [9.17, 15) is 0 Å². The summed E-state index contributed by atoms with van der Waals surface area (Å²) < 4.78 is 0. The zero-order valence-corrected chi connectivity index (χ0v) is 16.0. The van der Waals surface area contributed by atoms with Gasteiger partial charge in [0.05, 0.1) is 0 Å². The van der Waals surface area contributed by atoms with Gasteiger partial charge in [-0.15, -0.1) is 0 Å². The molecule has 0 aliphatic heterocycles. The molecule has 7 aliphatic carbocycles. The number of hydrogen-bond donors (Lipinski definition) is 0. The van der Waals surface area contributed by atoms with Crippen LogP contribution in [0.4, 0.5) is 0 Å². The second-order valence-corrected chi connectivity index (χ2v) is 11.9. The van der Waals surface area contributed by atoms with Crippen molar-refractivity contribution in [1.29, 1.82) is 0 Å². The van der Waals surface area contributed by atoms with Gasteiger partial charge in [-0.3, -0.25) is 0 Å². The zero-order valence-electron chi connectivity index (χ0n) is 16.0. The van der Waals surface area contributed by atoms with Gasteiger partial charge in [-0.05, 0) is 116 Å². The normalized spacial score (nSPS) is 57.5. The molecule has 8 unspecified atom stereocenters. The van der Waals surface area contributed by atoms with Crippen molar-refractivity contribution < 1.29 is 0 Å². The van der Waals surface area contributed by atoms with Crippen LogP contribution in [-0.2, 0) is 0 Å². The van der Waals surface area contributed by atoms with E-state index in [4.69, 9.17) is 0 Å². The van der Waals surface area contributed by atoms with Crippen LogP contribution in [0.15, 0.2) is 11.6 Å². The van der Waals surface area contributed by atoms with E-state index in [-0.39, 0.29) is 0 Å². The molecule has 0 radical (unpaired) electrons. The van der Waals surface area contributed by atoms with Gasteiger partial charge < -0.3 is 0 Å². The molecule has 0 aromatic rings. The second kappa shape index (κ2) is 4.72. The van der Waals surface area contributed by atoms with E-state index >= 15 is 0 Å². The van der Waals surface area contributed by atoms with Crippen LogP contribution in [0.2, 0.25) is 0 Å². The Morgan fingerprint density at radius 3 is 2.38 bits per heavy atom. The minimum atomic E-state index is 0.517. The molecule has 0 amide bonds. The maximum atomic E-state index is 2.92. The van der Waals surface area contributed by atoms with Crippen LogP contribution in [0.1, 0.15) is 72.1 Å². The Hall–Kier alpha value is -0.260. The summed E-state index contributed by atoms with van der Waals surface area (Å²) in [7, 11) is 0. The van der Waals surface area contributed by atoms with Gasteiger partial charge in [-0.25, -0.2) is 0 Å². The Bertz CT molecular complexity index is 571. The minimum absolute atomic E-state index is 0.517. The molecule has 0 N–H and O–H groups in total. The van der Waals surface area contributed by atoms with E-state index in [1.807, 2.05) is 5.57 Å². The van der Waals surface area contributed by atoms with Crippen LogP contribution < -0.4 is 0 Å². The first kappa shape index (κ1) is 14.9. The highest BCUT2D eigenvalue weighted by molar-refractivity contribution is 5.28. The minimum Gasteiger partial charge on any atom is -0.0813 e. The molecular formula is C24H36. The van der Waals surface area contributed by atoms with Gasteiger partial charge in [-0.1, -0.05) is 32.4 Å². The quantitative estimate of drug-likeness (QED) is 0.457. The van der Waals surface area contributed by atoms with Gasteiger partial charge in [0.2, 0.25) is 0 Å². The first-order valence-corrected chi connectivity index (χ1v) is 11.2. The van der Waals surface area contributed by atoms with E-state index in [0.29, 0.717) is 5.41 Å². The average Bonchev–Trinajstić information content (AvgIpc) is 3.02. The largest absolute Gasteiger partial charge is 0.0813 e. The van der Waals surface area contributed by atoms with Crippen molar-refractivity contribution in [1.82, 2.24) is 0 Å². The molecule has 7 aliphatic rings. The van der Waals surface area contributed by atoms with Crippen molar-refractivity contribution in [3.05, 3.63) is 11.6 Å². The number of rotatable bonds is 0. The molecule has 0 heteroatoms. The summed E-state index contributed by atoms with van der Waals surface area (Å²) in [5, 5.41) is 0. The molecule has 5 fully saturated rings. The lowest BCUT2D eigenvalue weighted by atomic mass is 9.53. The Morgan fingerprint density at radius 2 is 1.58 bits per heavy atom. The van der Waals surface area contributed by atoms with Gasteiger partial charge in [0.25, 0.3) is 0 Å². The fourth-order valence-corrected chi connectivity index (χ4v) is 9.41. The summed E-state index contributed by atoms with van der Waals surface area (Å²) in [6.07, 6.45) is 15.6. The lowest BCUT2D eigenvalue weighted by molar-refractivity contribution is 0.0191. The summed E-state index contributed by atoms with van der Waals surface area (Å²) >= 11 is 0. The topological polar surface area (TPSA) is 0 Å².